The molecule has 1 amide bonds. The maximum Gasteiger partial charge on any atom is 0.337 e. The van der Waals surface area contributed by atoms with Crippen LogP contribution >= 0.6 is 0 Å². The molecule has 1 aromatic rings. The van der Waals surface area contributed by atoms with Gasteiger partial charge in [0.1, 0.15) is 0 Å². The van der Waals surface area contributed by atoms with Gasteiger partial charge in [0.15, 0.2) is 0 Å². The van der Waals surface area contributed by atoms with E-state index in [1.54, 1.807) is 0 Å². The highest BCUT2D eigenvalue weighted by molar-refractivity contribution is 7.89. The van der Waals surface area contributed by atoms with Crippen LogP contribution in [0.25, 0.3) is 0 Å². The number of rotatable bonds is 6. The van der Waals surface area contributed by atoms with E-state index in [0.29, 0.717) is 19.4 Å². The number of piperidine rings is 1. The third-order valence-electron chi connectivity index (χ3n) is 4.35. The predicted octanol–water partition coefficient (Wildman–Crippen LogP) is 1.87. The normalized spacial score (nSPS) is 16.1. The van der Waals surface area contributed by atoms with Crippen LogP contribution in [-0.4, -0.2) is 49.3 Å². The summed E-state index contributed by atoms with van der Waals surface area (Å²) in [5.41, 5.74) is 0.873. The predicted molar refractivity (Wildman–Crippen MR) is 97.3 cm³/mol. The van der Waals surface area contributed by atoms with Gasteiger partial charge in [-0.2, -0.15) is 4.31 Å². The Kier molecular flexibility index (Phi) is 6.55. The lowest BCUT2D eigenvalue weighted by Crippen LogP contribution is -2.43. The van der Waals surface area contributed by atoms with Crippen molar-refractivity contribution in [3.05, 3.63) is 41.5 Å². The van der Waals surface area contributed by atoms with Crippen LogP contribution in [-0.2, 0) is 14.8 Å². The third kappa shape index (κ3) is 4.70. The van der Waals surface area contributed by atoms with Crippen LogP contribution in [0.5, 0.6) is 0 Å². The van der Waals surface area contributed by atoms with Crippen LogP contribution in [0.15, 0.2) is 40.8 Å². The zero-order valence-electron chi connectivity index (χ0n) is 14.9. The summed E-state index contributed by atoms with van der Waals surface area (Å²) in [7, 11) is -3.90. The Morgan fingerprint density at radius 1 is 1.23 bits per heavy atom. The second-order valence-corrected chi connectivity index (χ2v) is 8.41. The maximum atomic E-state index is 12.8. The van der Waals surface area contributed by atoms with Crippen molar-refractivity contribution in [1.82, 2.24) is 9.62 Å². The van der Waals surface area contributed by atoms with Gasteiger partial charge < -0.3 is 10.4 Å². The first kappa shape index (κ1) is 20.1. The summed E-state index contributed by atoms with van der Waals surface area (Å²) in [6.07, 6.45) is 2.74. The van der Waals surface area contributed by atoms with Gasteiger partial charge in [-0.1, -0.05) is 23.8 Å². The van der Waals surface area contributed by atoms with Gasteiger partial charge in [0.2, 0.25) is 15.9 Å². The molecule has 0 radical (unpaired) electrons. The van der Waals surface area contributed by atoms with E-state index in [2.05, 4.69) is 5.32 Å². The quantitative estimate of drug-likeness (QED) is 0.733. The van der Waals surface area contributed by atoms with Crippen LogP contribution in [0, 0.1) is 5.92 Å². The molecule has 142 valence electrons. The molecule has 2 rings (SSSR count). The van der Waals surface area contributed by atoms with Crippen molar-refractivity contribution in [2.45, 2.75) is 31.6 Å². The van der Waals surface area contributed by atoms with Gasteiger partial charge >= 0.3 is 5.97 Å². The third-order valence-corrected chi connectivity index (χ3v) is 6.30. The fourth-order valence-electron chi connectivity index (χ4n) is 2.87. The van der Waals surface area contributed by atoms with Crippen LogP contribution in [0.3, 0.4) is 0 Å². The van der Waals surface area contributed by atoms with Crippen molar-refractivity contribution in [1.29, 1.82) is 0 Å². The highest BCUT2D eigenvalue weighted by Crippen LogP contribution is 2.26. The number of carbonyl (C=O) groups is 2. The molecular weight excluding hydrogens is 356 g/mol. The van der Waals surface area contributed by atoms with Gasteiger partial charge in [0.25, 0.3) is 0 Å². The van der Waals surface area contributed by atoms with E-state index < -0.39 is 16.0 Å². The first-order valence-corrected chi connectivity index (χ1v) is 9.91. The second-order valence-electron chi connectivity index (χ2n) is 6.51. The van der Waals surface area contributed by atoms with E-state index in [9.17, 15) is 23.1 Å². The number of carbonyl (C=O) groups excluding carboxylic acids is 1. The molecule has 1 fully saturated rings. The Hall–Kier alpha value is -2.19. The van der Waals surface area contributed by atoms with Crippen LogP contribution < -0.4 is 5.32 Å². The van der Waals surface area contributed by atoms with E-state index in [-0.39, 0.29) is 35.4 Å². The van der Waals surface area contributed by atoms with Gasteiger partial charge in [-0.3, -0.25) is 4.79 Å². The molecule has 0 aromatic heterocycles. The van der Waals surface area contributed by atoms with E-state index in [4.69, 9.17) is 0 Å². The molecule has 0 unspecified atom stereocenters. The van der Waals surface area contributed by atoms with Crippen molar-refractivity contribution in [2.75, 3.05) is 19.6 Å². The zero-order valence-corrected chi connectivity index (χ0v) is 15.8. The number of nitrogens with one attached hydrogen (secondary N) is 1. The molecule has 1 aliphatic rings. The average Bonchev–Trinajstić information content (AvgIpc) is 2.61. The molecule has 0 atom stereocenters. The van der Waals surface area contributed by atoms with Crippen LogP contribution in [0.4, 0.5) is 0 Å². The van der Waals surface area contributed by atoms with Crippen molar-refractivity contribution >= 4 is 21.9 Å². The Morgan fingerprint density at radius 3 is 2.42 bits per heavy atom. The molecule has 1 saturated heterocycles. The smallest absolute Gasteiger partial charge is 0.337 e. The van der Waals surface area contributed by atoms with Gasteiger partial charge in [-0.05, 0) is 38.8 Å². The van der Waals surface area contributed by atoms with Crippen molar-refractivity contribution in [3.8, 4) is 0 Å². The molecule has 0 saturated carbocycles. The van der Waals surface area contributed by atoms with Crippen molar-refractivity contribution < 1.29 is 23.1 Å². The SMILES string of the molecule is CC(C)=CCNC(=O)C1CCN(S(=O)(=O)c2ccccc2C(=O)O)CC1. The number of carboxylic acids is 1. The minimum Gasteiger partial charge on any atom is -0.478 e. The van der Waals surface area contributed by atoms with Gasteiger partial charge in [0.05, 0.1) is 10.5 Å². The molecule has 7 nitrogen and oxygen atoms in total. The highest BCUT2D eigenvalue weighted by Gasteiger charge is 2.33. The number of amides is 1. The largest absolute Gasteiger partial charge is 0.478 e. The Bertz CT molecular complexity index is 805. The molecule has 26 heavy (non-hydrogen) atoms. The number of nitrogens with zero attached hydrogens (tertiary/aromatic N) is 1. The number of benzene rings is 1. The Labute approximate surface area is 153 Å². The van der Waals surface area contributed by atoms with Crippen molar-refractivity contribution in [2.24, 2.45) is 5.92 Å². The fraction of sp³-hybridized carbons (Fsp3) is 0.444. The number of sulfonamides is 1. The van der Waals surface area contributed by atoms with Crippen LogP contribution in [0.2, 0.25) is 0 Å². The van der Waals surface area contributed by atoms with Gasteiger partial charge in [0, 0.05) is 25.6 Å². The van der Waals surface area contributed by atoms with Gasteiger partial charge in [-0.15, -0.1) is 0 Å². The number of carboxylic acid groups (broad SMARTS) is 1. The maximum absolute atomic E-state index is 12.8. The number of aromatic carboxylic acids is 1. The lowest BCUT2D eigenvalue weighted by molar-refractivity contribution is -0.125. The van der Waals surface area contributed by atoms with E-state index in [1.807, 2.05) is 19.9 Å². The van der Waals surface area contributed by atoms with Gasteiger partial charge in [-0.25, -0.2) is 13.2 Å². The first-order valence-electron chi connectivity index (χ1n) is 8.47. The number of allylic oxidation sites excluding steroid dienone is 1. The molecule has 0 spiro atoms. The molecule has 1 aromatic carbocycles. The fourth-order valence-corrected chi connectivity index (χ4v) is 4.52. The molecular formula is C18H24N2O5S. The Morgan fingerprint density at radius 2 is 1.85 bits per heavy atom. The zero-order chi connectivity index (χ0) is 19.3. The van der Waals surface area contributed by atoms with E-state index in [0.717, 1.165) is 5.57 Å². The molecule has 2 N–H and O–H groups in total. The molecule has 0 aliphatic carbocycles. The standard InChI is InChI=1S/C18H24N2O5S/c1-13(2)7-10-19-17(21)14-8-11-20(12-9-14)26(24,25)16-6-4-3-5-15(16)18(22)23/h3-7,14H,8-12H2,1-2H3,(H,19,21)(H,22,23). The minimum atomic E-state index is -3.90. The van der Waals surface area contributed by atoms with Crippen molar-refractivity contribution in [3.63, 3.8) is 0 Å². The monoisotopic (exact) mass is 380 g/mol. The molecule has 0 bridgehead atoms. The molecule has 8 heteroatoms. The lowest BCUT2D eigenvalue weighted by atomic mass is 9.97. The molecule has 1 heterocycles. The summed E-state index contributed by atoms with van der Waals surface area (Å²) in [4.78, 5) is 23.3. The number of hydrogen-bond acceptors (Lipinski definition) is 4. The van der Waals surface area contributed by atoms with E-state index >= 15 is 0 Å². The summed E-state index contributed by atoms with van der Waals surface area (Å²) in [6.45, 7) is 4.74. The Balaban J connectivity index is 2.04. The molecule has 1 aliphatic heterocycles. The minimum absolute atomic E-state index is 0.0783. The second kappa shape index (κ2) is 8.46. The summed E-state index contributed by atoms with van der Waals surface area (Å²) in [6, 6.07) is 5.57. The van der Waals surface area contributed by atoms with E-state index in [1.165, 1.54) is 28.6 Å². The summed E-state index contributed by atoms with van der Waals surface area (Å²) in [5, 5.41) is 12.1. The summed E-state index contributed by atoms with van der Waals surface area (Å²) in [5.74, 6) is -1.59. The first-order chi connectivity index (χ1) is 12.2. The number of hydrogen-bond donors (Lipinski definition) is 2. The summed E-state index contributed by atoms with van der Waals surface area (Å²) < 4.78 is 26.8. The highest BCUT2D eigenvalue weighted by atomic mass is 32.2. The topological polar surface area (TPSA) is 104 Å². The van der Waals surface area contributed by atoms with Crippen LogP contribution in [0.1, 0.15) is 37.0 Å². The summed E-state index contributed by atoms with van der Waals surface area (Å²) >= 11 is 0. The lowest BCUT2D eigenvalue weighted by Gasteiger charge is -2.30. The average molecular weight is 380 g/mol.